The van der Waals surface area contributed by atoms with Gasteiger partial charge in [-0.3, -0.25) is 14.3 Å². The van der Waals surface area contributed by atoms with Crippen molar-refractivity contribution in [1.82, 2.24) is 19.5 Å². The summed E-state index contributed by atoms with van der Waals surface area (Å²) in [6, 6.07) is 0. The molecule has 0 aromatic carbocycles. The average molecular weight is 222 g/mol. The van der Waals surface area contributed by atoms with E-state index in [0.717, 1.165) is 19.4 Å². The lowest BCUT2D eigenvalue weighted by atomic mass is 10.3. The highest BCUT2D eigenvalue weighted by Gasteiger charge is 2.07. The van der Waals surface area contributed by atoms with Gasteiger partial charge < -0.3 is 10.8 Å². The molecule has 7 nitrogen and oxygen atoms in total. The number of rotatable bonds is 3. The summed E-state index contributed by atoms with van der Waals surface area (Å²) < 4.78 is 1.80. The van der Waals surface area contributed by atoms with E-state index in [-0.39, 0.29) is 5.56 Å². The van der Waals surface area contributed by atoms with Crippen molar-refractivity contribution >= 4 is 11.2 Å². The number of fused-ring (bicyclic) bond motifs is 1. The van der Waals surface area contributed by atoms with Gasteiger partial charge in [0.1, 0.15) is 5.52 Å². The van der Waals surface area contributed by atoms with Gasteiger partial charge in [-0.15, -0.1) is 5.10 Å². The lowest BCUT2D eigenvalue weighted by Gasteiger charge is -2.06. The third-order valence-corrected chi connectivity index (χ3v) is 2.44. The summed E-state index contributed by atoms with van der Waals surface area (Å²) in [5, 5.41) is 3.57. The molecule has 0 aliphatic carbocycles. The van der Waals surface area contributed by atoms with Crippen LogP contribution in [0.1, 0.15) is 19.8 Å². The Morgan fingerprint density at radius 1 is 1.62 bits per heavy atom. The van der Waals surface area contributed by atoms with Gasteiger partial charge in [-0.1, -0.05) is 13.3 Å². The van der Waals surface area contributed by atoms with Crippen LogP contribution >= 0.6 is 0 Å². The highest BCUT2D eigenvalue weighted by Crippen LogP contribution is 2.01. The fourth-order valence-electron chi connectivity index (χ4n) is 1.62. The number of nitrogens with two attached hydrogens (primary N) is 1. The zero-order valence-corrected chi connectivity index (χ0v) is 9.03. The molecule has 4 N–H and O–H groups in total. The molecule has 0 atom stereocenters. The molecular weight excluding hydrogens is 208 g/mol. The number of imidazole rings is 1. The molecule has 0 saturated heterocycles. The molecule has 7 heteroatoms. The van der Waals surface area contributed by atoms with Crippen LogP contribution in [-0.4, -0.2) is 19.5 Å². The third-order valence-electron chi connectivity index (χ3n) is 2.44. The summed E-state index contributed by atoms with van der Waals surface area (Å²) in [6.45, 7) is 2.82. The molecule has 0 aliphatic rings. The van der Waals surface area contributed by atoms with Gasteiger partial charge in [0.15, 0.2) is 5.65 Å². The van der Waals surface area contributed by atoms with Crippen molar-refractivity contribution < 1.29 is 0 Å². The molecule has 0 saturated carbocycles. The van der Waals surface area contributed by atoms with Crippen LogP contribution in [0, 0.1) is 0 Å². The van der Waals surface area contributed by atoms with E-state index in [0.29, 0.717) is 16.8 Å². The first kappa shape index (κ1) is 10.5. The Hall–Kier alpha value is -2.05. The van der Waals surface area contributed by atoms with E-state index in [1.807, 2.05) is 0 Å². The smallest absolute Gasteiger partial charge is 0.278 e. The van der Waals surface area contributed by atoms with Crippen molar-refractivity contribution in [3.63, 3.8) is 0 Å². The molecule has 0 amide bonds. The number of unbranched alkanes of at least 4 members (excludes halogenated alkanes) is 1. The van der Waals surface area contributed by atoms with E-state index in [9.17, 15) is 4.79 Å². The van der Waals surface area contributed by atoms with E-state index in [1.165, 1.54) is 6.33 Å². The normalized spacial score (nSPS) is 12.4. The Morgan fingerprint density at radius 2 is 2.44 bits per heavy atom. The van der Waals surface area contributed by atoms with Crippen molar-refractivity contribution in [3.8, 4) is 0 Å². The topological polar surface area (TPSA) is 105 Å². The third kappa shape index (κ3) is 1.60. The van der Waals surface area contributed by atoms with Gasteiger partial charge >= 0.3 is 0 Å². The van der Waals surface area contributed by atoms with Crippen molar-refractivity contribution in [3.05, 3.63) is 22.3 Å². The number of nitrogens with one attached hydrogen (secondary N) is 2. The SMILES string of the molecule is CCCCn1/c(=N/N)[nH]c(=O)c2[nH]cnc21. The number of hydrogen-bond acceptors (Lipinski definition) is 4. The monoisotopic (exact) mass is 222 g/mol. The van der Waals surface area contributed by atoms with Crippen LogP contribution in [0.2, 0.25) is 0 Å². The van der Waals surface area contributed by atoms with E-state index >= 15 is 0 Å². The van der Waals surface area contributed by atoms with Crippen LogP contribution in [0.5, 0.6) is 0 Å². The number of aryl methyl sites for hydroxylation is 1. The zero-order valence-electron chi connectivity index (χ0n) is 9.03. The molecule has 0 spiro atoms. The van der Waals surface area contributed by atoms with E-state index < -0.39 is 0 Å². The second-order valence-electron chi connectivity index (χ2n) is 3.51. The highest BCUT2D eigenvalue weighted by molar-refractivity contribution is 5.68. The average Bonchev–Trinajstić information content (AvgIpc) is 2.77. The number of nitrogens with zero attached hydrogens (tertiary/aromatic N) is 3. The number of aromatic nitrogens is 4. The van der Waals surface area contributed by atoms with Gasteiger partial charge in [0, 0.05) is 6.54 Å². The first-order chi connectivity index (χ1) is 7.77. The summed E-state index contributed by atoms with van der Waals surface area (Å²) >= 11 is 0. The van der Waals surface area contributed by atoms with Crippen LogP contribution in [-0.2, 0) is 6.54 Å². The lowest BCUT2D eigenvalue weighted by Crippen LogP contribution is -2.32. The Kier molecular flexibility index (Phi) is 2.76. The molecule has 2 aromatic heterocycles. The van der Waals surface area contributed by atoms with Gasteiger partial charge in [0.2, 0.25) is 5.62 Å². The van der Waals surface area contributed by atoms with Gasteiger partial charge in [0.25, 0.3) is 5.56 Å². The minimum atomic E-state index is -0.260. The van der Waals surface area contributed by atoms with Crippen LogP contribution < -0.4 is 17.0 Å². The van der Waals surface area contributed by atoms with Crippen molar-refractivity contribution in [2.24, 2.45) is 10.9 Å². The standard InChI is InChI=1S/C9H14N6O/c1-2-3-4-15-7-6(11-5-12-7)8(16)13-9(15)14-10/h5H,2-4,10H2,1H3,(H,11,12)(H,13,14,16). The molecule has 2 rings (SSSR count). The van der Waals surface area contributed by atoms with Crippen molar-refractivity contribution in [1.29, 1.82) is 0 Å². The fourth-order valence-corrected chi connectivity index (χ4v) is 1.62. The first-order valence-electron chi connectivity index (χ1n) is 5.18. The Bertz CT molecular complexity index is 604. The zero-order chi connectivity index (χ0) is 11.5. The predicted molar refractivity (Wildman–Crippen MR) is 59.4 cm³/mol. The lowest BCUT2D eigenvalue weighted by molar-refractivity contribution is 0.600. The largest absolute Gasteiger partial charge is 0.339 e. The van der Waals surface area contributed by atoms with E-state index in [2.05, 4.69) is 27.0 Å². The number of H-pyrrole nitrogens is 2. The van der Waals surface area contributed by atoms with Gasteiger partial charge in [-0.25, -0.2) is 4.98 Å². The Morgan fingerprint density at radius 3 is 3.12 bits per heavy atom. The first-order valence-corrected chi connectivity index (χ1v) is 5.18. The van der Waals surface area contributed by atoms with Gasteiger partial charge in [-0.2, -0.15) is 0 Å². The van der Waals surface area contributed by atoms with E-state index in [4.69, 9.17) is 5.84 Å². The number of aromatic amines is 2. The number of hydrogen-bond donors (Lipinski definition) is 3. The van der Waals surface area contributed by atoms with Crippen LogP contribution in [0.25, 0.3) is 11.2 Å². The molecule has 86 valence electrons. The molecule has 0 bridgehead atoms. The molecule has 2 aromatic rings. The molecule has 0 aliphatic heterocycles. The molecule has 0 fully saturated rings. The second-order valence-corrected chi connectivity index (χ2v) is 3.51. The second kappa shape index (κ2) is 4.21. The van der Waals surface area contributed by atoms with Crippen molar-refractivity contribution in [2.45, 2.75) is 26.3 Å². The van der Waals surface area contributed by atoms with Crippen LogP contribution in [0.3, 0.4) is 0 Å². The highest BCUT2D eigenvalue weighted by atomic mass is 16.1. The quantitative estimate of drug-likeness (QED) is 0.487. The predicted octanol–water partition coefficient (Wildman–Crippen LogP) is -0.373. The summed E-state index contributed by atoms with van der Waals surface area (Å²) in [5.74, 6) is 5.25. The summed E-state index contributed by atoms with van der Waals surface area (Å²) in [6.07, 6.45) is 3.51. The molecule has 0 radical (unpaired) electrons. The van der Waals surface area contributed by atoms with Crippen LogP contribution in [0.4, 0.5) is 0 Å². The Labute approximate surface area is 91.0 Å². The molecule has 2 heterocycles. The fraction of sp³-hybridized carbons (Fsp3) is 0.444. The van der Waals surface area contributed by atoms with Crippen molar-refractivity contribution in [2.75, 3.05) is 0 Å². The summed E-state index contributed by atoms with van der Waals surface area (Å²) in [7, 11) is 0. The maximum atomic E-state index is 11.6. The van der Waals surface area contributed by atoms with Crippen LogP contribution in [0.15, 0.2) is 16.2 Å². The summed E-state index contributed by atoms with van der Waals surface area (Å²) in [5.41, 5.74) is 1.12. The minimum Gasteiger partial charge on any atom is -0.339 e. The molecule has 16 heavy (non-hydrogen) atoms. The van der Waals surface area contributed by atoms with E-state index in [1.54, 1.807) is 4.57 Å². The molecule has 0 unspecified atom stereocenters. The maximum absolute atomic E-state index is 11.6. The summed E-state index contributed by atoms with van der Waals surface area (Å²) in [4.78, 5) is 21.1. The molecular formula is C9H14N6O. The minimum absolute atomic E-state index is 0.260. The van der Waals surface area contributed by atoms with Gasteiger partial charge in [-0.05, 0) is 6.42 Å². The van der Waals surface area contributed by atoms with Gasteiger partial charge in [0.05, 0.1) is 6.33 Å². The Balaban J connectivity index is 2.72. The maximum Gasteiger partial charge on any atom is 0.278 e.